The molecule has 122 valence electrons. The van der Waals surface area contributed by atoms with Gasteiger partial charge in [0.2, 0.25) is 0 Å². The number of benzene rings is 1. The molecule has 1 aromatic heterocycles. The van der Waals surface area contributed by atoms with Crippen LogP contribution in [-0.4, -0.2) is 34.5 Å². The molecule has 1 saturated heterocycles. The highest BCUT2D eigenvalue weighted by Crippen LogP contribution is 2.25. The second kappa shape index (κ2) is 6.04. The Labute approximate surface area is 137 Å². The molecule has 0 unspecified atom stereocenters. The summed E-state index contributed by atoms with van der Waals surface area (Å²) in [6.45, 7) is 1.99. The first-order valence-corrected chi connectivity index (χ1v) is 7.27. The summed E-state index contributed by atoms with van der Waals surface area (Å²) in [5.74, 6) is -0.584. The molecule has 0 spiro atoms. The molecule has 0 aliphatic carbocycles. The summed E-state index contributed by atoms with van der Waals surface area (Å²) in [7, 11) is 0. The minimum absolute atomic E-state index is 0.141. The van der Waals surface area contributed by atoms with E-state index in [2.05, 4.69) is 5.32 Å². The number of rotatable bonds is 4. The number of carboxylic acid groups (broad SMARTS) is 1. The molecule has 0 radical (unpaired) electrons. The number of furan rings is 1. The zero-order valence-corrected chi connectivity index (χ0v) is 12.8. The lowest BCUT2D eigenvalue weighted by atomic mass is 10.1. The van der Waals surface area contributed by atoms with Gasteiger partial charge >= 0.3 is 12.0 Å². The van der Waals surface area contributed by atoms with Crippen LogP contribution >= 0.6 is 0 Å². The summed E-state index contributed by atoms with van der Waals surface area (Å²) in [6, 6.07) is 9.19. The summed E-state index contributed by atoms with van der Waals surface area (Å²) < 4.78 is 5.63. The summed E-state index contributed by atoms with van der Waals surface area (Å²) >= 11 is 0. The molecule has 7 nitrogen and oxygen atoms in total. The lowest BCUT2D eigenvalue weighted by Crippen LogP contribution is -2.30. The minimum atomic E-state index is -1.02. The second-order valence-electron chi connectivity index (χ2n) is 5.13. The van der Waals surface area contributed by atoms with E-state index in [9.17, 15) is 14.4 Å². The van der Waals surface area contributed by atoms with Gasteiger partial charge in [-0.2, -0.15) is 0 Å². The predicted octanol–water partition coefficient (Wildman–Crippen LogP) is 2.56. The average molecular weight is 326 g/mol. The van der Waals surface area contributed by atoms with Gasteiger partial charge in [-0.05, 0) is 31.2 Å². The fourth-order valence-corrected chi connectivity index (χ4v) is 2.39. The first kappa shape index (κ1) is 15.5. The summed E-state index contributed by atoms with van der Waals surface area (Å²) in [5.41, 5.74) is 0.902. The van der Waals surface area contributed by atoms with Crippen molar-refractivity contribution in [2.45, 2.75) is 6.92 Å². The minimum Gasteiger partial charge on any atom is -0.478 e. The topological polar surface area (TPSA) is 99.8 Å². The van der Waals surface area contributed by atoms with E-state index in [1.165, 1.54) is 18.2 Å². The highest BCUT2D eigenvalue weighted by Gasteiger charge is 2.32. The van der Waals surface area contributed by atoms with Crippen LogP contribution in [0.5, 0.6) is 0 Å². The third kappa shape index (κ3) is 2.79. The zero-order chi connectivity index (χ0) is 17.3. The van der Waals surface area contributed by atoms with Crippen LogP contribution < -0.4 is 5.32 Å². The Balaban J connectivity index is 1.88. The van der Waals surface area contributed by atoms with Crippen molar-refractivity contribution in [2.75, 3.05) is 6.54 Å². The maximum absolute atomic E-state index is 12.0. The van der Waals surface area contributed by atoms with Gasteiger partial charge in [0.25, 0.3) is 5.91 Å². The molecule has 0 bridgehead atoms. The van der Waals surface area contributed by atoms with Crippen molar-refractivity contribution in [1.29, 1.82) is 0 Å². The SMILES string of the molecule is CCN1C(=O)N/C(=C\c2ccc(-c3cccc(C(=O)O)c3)o2)C1=O. The highest BCUT2D eigenvalue weighted by atomic mass is 16.4. The van der Waals surface area contributed by atoms with Crippen molar-refractivity contribution in [3.05, 3.63) is 53.4 Å². The largest absolute Gasteiger partial charge is 0.478 e. The van der Waals surface area contributed by atoms with Gasteiger partial charge in [-0.3, -0.25) is 9.69 Å². The monoisotopic (exact) mass is 326 g/mol. The van der Waals surface area contributed by atoms with Crippen LogP contribution in [0.3, 0.4) is 0 Å². The summed E-state index contributed by atoms with van der Waals surface area (Å²) in [5, 5.41) is 11.5. The first-order valence-electron chi connectivity index (χ1n) is 7.27. The predicted molar refractivity (Wildman–Crippen MR) is 85.0 cm³/mol. The molecule has 0 atom stereocenters. The van der Waals surface area contributed by atoms with Gasteiger partial charge in [0, 0.05) is 18.2 Å². The van der Waals surface area contributed by atoms with Crippen LogP contribution in [0.2, 0.25) is 0 Å². The van der Waals surface area contributed by atoms with Gasteiger partial charge in [-0.1, -0.05) is 12.1 Å². The van der Waals surface area contributed by atoms with E-state index >= 15 is 0 Å². The maximum atomic E-state index is 12.0. The molecule has 3 amide bonds. The molecule has 1 aliphatic heterocycles. The van der Waals surface area contributed by atoms with Crippen LogP contribution in [0.4, 0.5) is 4.79 Å². The molecular weight excluding hydrogens is 312 g/mol. The van der Waals surface area contributed by atoms with E-state index in [0.29, 0.717) is 17.1 Å². The Morgan fingerprint density at radius 2 is 2.08 bits per heavy atom. The molecule has 1 fully saturated rings. The fraction of sp³-hybridized carbons (Fsp3) is 0.118. The average Bonchev–Trinajstić information content (AvgIpc) is 3.13. The Morgan fingerprint density at radius 3 is 2.75 bits per heavy atom. The fourth-order valence-electron chi connectivity index (χ4n) is 2.39. The Kier molecular flexibility index (Phi) is 3.91. The first-order chi connectivity index (χ1) is 11.5. The van der Waals surface area contributed by atoms with Gasteiger partial charge < -0.3 is 14.8 Å². The normalized spacial score (nSPS) is 15.9. The number of nitrogens with zero attached hydrogens (tertiary/aromatic N) is 1. The number of amides is 3. The molecule has 3 rings (SSSR count). The Hall–Kier alpha value is -3.35. The van der Waals surface area contributed by atoms with Crippen LogP contribution in [-0.2, 0) is 4.79 Å². The quantitative estimate of drug-likeness (QED) is 0.664. The highest BCUT2D eigenvalue weighted by molar-refractivity contribution is 6.13. The van der Waals surface area contributed by atoms with Crippen molar-refractivity contribution >= 4 is 24.0 Å². The molecule has 2 N–H and O–H groups in total. The van der Waals surface area contributed by atoms with Crippen molar-refractivity contribution < 1.29 is 23.9 Å². The number of aromatic carboxylic acids is 1. The van der Waals surface area contributed by atoms with Gasteiger partial charge in [0.15, 0.2) is 0 Å². The molecule has 1 aliphatic rings. The lowest BCUT2D eigenvalue weighted by molar-refractivity contribution is -0.122. The molecule has 24 heavy (non-hydrogen) atoms. The maximum Gasteiger partial charge on any atom is 0.335 e. The molecule has 2 heterocycles. The van der Waals surface area contributed by atoms with Gasteiger partial charge in [0.1, 0.15) is 17.2 Å². The molecule has 2 aromatic rings. The van der Waals surface area contributed by atoms with Crippen LogP contribution in [0.15, 0.2) is 46.5 Å². The standard InChI is InChI=1S/C17H14N2O5/c1-2-19-15(20)13(18-17(19)23)9-12-6-7-14(24-12)10-4-3-5-11(8-10)16(21)22/h3-9H,2H2,1H3,(H,18,23)(H,21,22)/b13-9-. The molecule has 7 heteroatoms. The van der Waals surface area contributed by atoms with Gasteiger partial charge in [0.05, 0.1) is 5.56 Å². The van der Waals surface area contributed by atoms with E-state index in [0.717, 1.165) is 4.90 Å². The molecule has 1 aromatic carbocycles. The van der Waals surface area contributed by atoms with E-state index in [4.69, 9.17) is 9.52 Å². The van der Waals surface area contributed by atoms with Crippen molar-refractivity contribution in [3.8, 4) is 11.3 Å². The van der Waals surface area contributed by atoms with E-state index in [-0.39, 0.29) is 17.8 Å². The number of likely N-dealkylation sites (N-methyl/N-ethyl adjacent to an activating group) is 1. The zero-order valence-electron chi connectivity index (χ0n) is 12.8. The van der Waals surface area contributed by atoms with Crippen molar-refractivity contribution in [2.24, 2.45) is 0 Å². The van der Waals surface area contributed by atoms with E-state index in [1.807, 2.05) is 0 Å². The van der Waals surface area contributed by atoms with E-state index < -0.39 is 17.9 Å². The Bertz CT molecular complexity index is 865. The van der Waals surface area contributed by atoms with Crippen LogP contribution in [0, 0.1) is 0 Å². The number of imide groups is 1. The molecule has 0 saturated carbocycles. The number of hydrogen-bond acceptors (Lipinski definition) is 4. The van der Waals surface area contributed by atoms with Crippen molar-refractivity contribution in [3.63, 3.8) is 0 Å². The van der Waals surface area contributed by atoms with Gasteiger partial charge in [-0.25, -0.2) is 9.59 Å². The number of nitrogens with one attached hydrogen (secondary N) is 1. The summed E-state index contributed by atoms with van der Waals surface area (Å²) in [6.07, 6.45) is 1.44. The number of hydrogen-bond donors (Lipinski definition) is 2. The van der Waals surface area contributed by atoms with Crippen LogP contribution in [0.1, 0.15) is 23.0 Å². The number of carbonyl (C=O) groups excluding carboxylic acids is 2. The number of urea groups is 1. The third-order valence-electron chi connectivity index (χ3n) is 3.59. The number of carbonyl (C=O) groups is 3. The molecular formula is C17H14N2O5. The van der Waals surface area contributed by atoms with Crippen molar-refractivity contribution in [1.82, 2.24) is 10.2 Å². The van der Waals surface area contributed by atoms with Gasteiger partial charge in [-0.15, -0.1) is 0 Å². The third-order valence-corrected chi connectivity index (χ3v) is 3.59. The Morgan fingerprint density at radius 1 is 1.29 bits per heavy atom. The summed E-state index contributed by atoms with van der Waals surface area (Å²) in [4.78, 5) is 35.7. The second-order valence-corrected chi connectivity index (χ2v) is 5.13. The van der Waals surface area contributed by atoms with E-state index in [1.54, 1.807) is 31.2 Å². The number of carboxylic acids is 1. The van der Waals surface area contributed by atoms with Crippen LogP contribution in [0.25, 0.3) is 17.4 Å². The lowest BCUT2D eigenvalue weighted by Gasteiger charge is -2.05. The smallest absolute Gasteiger partial charge is 0.335 e.